The Morgan fingerprint density at radius 3 is 2.57 bits per heavy atom. The molecule has 0 aliphatic carbocycles. The van der Waals surface area contributed by atoms with Gasteiger partial charge in [-0.1, -0.05) is 37.3 Å². The van der Waals surface area contributed by atoms with Crippen molar-refractivity contribution in [3.8, 4) is 0 Å². The average Bonchev–Trinajstić information content (AvgIpc) is 2.92. The highest BCUT2D eigenvalue weighted by molar-refractivity contribution is 7.99. The molecule has 23 heavy (non-hydrogen) atoms. The summed E-state index contributed by atoms with van der Waals surface area (Å²) in [5.41, 5.74) is 2.72. The summed E-state index contributed by atoms with van der Waals surface area (Å²) in [6.45, 7) is 2.12. The van der Waals surface area contributed by atoms with E-state index >= 15 is 0 Å². The molecule has 0 spiro atoms. The lowest BCUT2D eigenvalue weighted by Crippen LogP contribution is -2.28. The third-order valence-electron chi connectivity index (χ3n) is 4.00. The summed E-state index contributed by atoms with van der Waals surface area (Å²) in [5, 5.41) is 1.09. The van der Waals surface area contributed by atoms with E-state index in [1.54, 1.807) is 16.7 Å². The molecule has 0 atom stereocenters. The zero-order valence-electron chi connectivity index (χ0n) is 13.6. The molecule has 3 nitrogen and oxygen atoms in total. The summed E-state index contributed by atoms with van der Waals surface area (Å²) in [6, 6.07) is 18.1. The molecule has 0 aliphatic rings. The molecule has 1 aromatic heterocycles. The third kappa shape index (κ3) is 2.86. The summed E-state index contributed by atoms with van der Waals surface area (Å²) in [7, 11) is 3.78. The van der Waals surface area contributed by atoms with E-state index in [0.717, 1.165) is 27.2 Å². The molecule has 0 N–H and O–H groups in total. The van der Waals surface area contributed by atoms with Gasteiger partial charge in [0.05, 0.1) is 5.69 Å². The maximum atomic E-state index is 13.0. The molecule has 2 aromatic carbocycles. The van der Waals surface area contributed by atoms with Crippen molar-refractivity contribution in [3.05, 3.63) is 60.3 Å². The topological polar surface area (TPSA) is 25.2 Å². The van der Waals surface area contributed by atoms with E-state index in [4.69, 9.17) is 0 Å². The molecule has 1 heterocycles. The molecular formula is C19H20N2OS. The van der Waals surface area contributed by atoms with Gasteiger partial charge in [-0.3, -0.25) is 4.79 Å². The molecule has 0 aliphatic heterocycles. The summed E-state index contributed by atoms with van der Waals surface area (Å²) in [6.07, 6.45) is 0. The second-order valence-electron chi connectivity index (χ2n) is 5.41. The number of hydrogen-bond acceptors (Lipinski definition) is 2. The second kappa shape index (κ2) is 6.50. The van der Waals surface area contributed by atoms with Gasteiger partial charge in [-0.25, -0.2) is 0 Å². The Morgan fingerprint density at radius 2 is 1.83 bits per heavy atom. The molecule has 0 fully saturated rings. The van der Waals surface area contributed by atoms with Crippen molar-refractivity contribution in [3.63, 3.8) is 0 Å². The highest BCUT2D eigenvalue weighted by Gasteiger charge is 2.20. The molecule has 0 saturated carbocycles. The van der Waals surface area contributed by atoms with Crippen LogP contribution in [0.15, 0.2) is 59.5 Å². The largest absolute Gasteiger partial charge is 0.340 e. The number of aryl methyl sites for hydroxylation is 1. The van der Waals surface area contributed by atoms with Crippen molar-refractivity contribution < 1.29 is 4.79 Å². The van der Waals surface area contributed by atoms with Crippen molar-refractivity contribution in [2.45, 2.75) is 11.8 Å². The van der Waals surface area contributed by atoms with E-state index in [-0.39, 0.29) is 5.91 Å². The first-order valence-corrected chi connectivity index (χ1v) is 8.66. The number of para-hydroxylation sites is 2. The highest BCUT2D eigenvalue weighted by Crippen LogP contribution is 2.30. The second-order valence-corrected chi connectivity index (χ2v) is 6.72. The molecule has 4 heteroatoms. The van der Waals surface area contributed by atoms with Gasteiger partial charge in [-0.2, -0.15) is 0 Å². The summed E-state index contributed by atoms with van der Waals surface area (Å²) >= 11 is 1.75. The molecule has 0 bridgehead atoms. The minimum Gasteiger partial charge on any atom is -0.340 e. The van der Waals surface area contributed by atoms with Crippen LogP contribution in [0.4, 0.5) is 5.69 Å². The smallest absolute Gasteiger partial charge is 0.274 e. The predicted octanol–water partition coefficient (Wildman–Crippen LogP) is 4.57. The normalized spacial score (nSPS) is 10.9. The van der Waals surface area contributed by atoms with E-state index in [1.165, 1.54) is 0 Å². The SMILES string of the molecule is CCSc1ccccc1N(C)C(=O)c1cc2ccccc2n1C. The zero-order chi connectivity index (χ0) is 16.4. The molecule has 0 saturated heterocycles. The predicted molar refractivity (Wildman–Crippen MR) is 98.5 cm³/mol. The zero-order valence-corrected chi connectivity index (χ0v) is 14.4. The van der Waals surface area contributed by atoms with Crippen LogP contribution in [0.1, 0.15) is 17.4 Å². The monoisotopic (exact) mass is 324 g/mol. The summed E-state index contributed by atoms with van der Waals surface area (Å²) < 4.78 is 1.96. The number of fused-ring (bicyclic) bond motifs is 1. The quantitative estimate of drug-likeness (QED) is 0.657. The number of thioether (sulfide) groups is 1. The number of hydrogen-bond donors (Lipinski definition) is 0. The fourth-order valence-electron chi connectivity index (χ4n) is 2.79. The minimum atomic E-state index is 0.00727. The lowest BCUT2D eigenvalue weighted by molar-refractivity contribution is 0.0985. The summed E-state index contributed by atoms with van der Waals surface area (Å²) in [4.78, 5) is 15.9. The maximum Gasteiger partial charge on any atom is 0.274 e. The summed E-state index contributed by atoms with van der Waals surface area (Å²) in [5.74, 6) is 0.987. The number of nitrogens with zero attached hydrogens (tertiary/aromatic N) is 2. The molecule has 3 aromatic rings. The van der Waals surface area contributed by atoms with Gasteiger partial charge in [0.15, 0.2) is 0 Å². The molecule has 0 radical (unpaired) electrons. The van der Waals surface area contributed by atoms with Gasteiger partial charge in [0.25, 0.3) is 5.91 Å². The number of carbonyl (C=O) groups excluding carboxylic acids is 1. The van der Waals surface area contributed by atoms with Crippen LogP contribution in [0.3, 0.4) is 0 Å². The van der Waals surface area contributed by atoms with E-state index < -0.39 is 0 Å². The van der Waals surface area contributed by atoms with Gasteiger partial charge in [0.2, 0.25) is 0 Å². The number of aromatic nitrogens is 1. The standard InChI is InChI=1S/C19H20N2OS/c1-4-23-18-12-8-7-11-16(18)21(3)19(22)17-13-14-9-5-6-10-15(14)20(17)2/h5-13H,4H2,1-3H3. The van der Waals surface area contributed by atoms with Gasteiger partial charge in [-0.05, 0) is 30.0 Å². The Labute approximate surface area is 140 Å². The van der Waals surface area contributed by atoms with Crippen LogP contribution in [0, 0.1) is 0 Å². The first-order chi connectivity index (χ1) is 11.1. The lowest BCUT2D eigenvalue weighted by atomic mass is 10.2. The van der Waals surface area contributed by atoms with Gasteiger partial charge >= 0.3 is 0 Å². The Balaban J connectivity index is 2.00. The molecular weight excluding hydrogens is 304 g/mol. The van der Waals surface area contributed by atoms with Crippen molar-refractivity contribution in [2.24, 2.45) is 7.05 Å². The molecule has 118 valence electrons. The van der Waals surface area contributed by atoms with E-state index in [2.05, 4.69) is 13.0 Å². The lowest BCUT2D eigenvalue weighted by Gasteiger charge is -2.20. The van der Waals surface area contributed by atoms with Crippen LogP contribution in [0.2, 0.25) is 0 Å². The third-order valence-corrected chi connectivity index (χ3v) is 4.95. The van der Waals surface area contributed by atoms with Crippen LogP contribution < -0.4 is 4.90 Å². The molecule has 0 unspecified atom stereocenters. The Morgan fingerprint density at radius 1 is 1.13 bits per heavy atom. The Kier molecular flexibility index (Phi) is 4.44. The molecule has 3 rings (SSSR count). The highest BCUT2D eigenvalue weighted by atomic mass is 32.2. The molecule has 1 amide bonds. The average molecular weight is 324 g/mol. The van der Waals surface area contributed by atoms with Crippen LogP contribution in [0.25, 0.3) is 10.9 Å². The number of carbonyl (C=O) groups is 1. The van der Waals surface area contributed by atoms with E-state index in [0.29, 0.717) is 5.69 Å². The Bertz CT molecular complexity index is 853. The minimum absolute atomic E-state index is 0.00727. The van der Waals surface area contributed by atoms with Gasteiger partial charge in [-0.15, -0.1) is 11.8 Å². The maximum absolute atomic E-state index is 13.0. The van der Waals surface area contributed by atoms with Gasteiger partial charge in [0, 0.05) is 29.9 Å². The number of amides is 1. The van der Waals surface area contributed by atoms with Crippen molar-refractivity contribution in [2.75, 3.05) is 17.7 Å². The van der Waals surface area contributed by atoms with Crippen LogP contribution >= 0.6 is 11.8 Å². The fourth-order valence-corrected chi connectivity index (χ4v) is 3.63. The van der Waals surface area contributed by atoms with Crippen LogP contribution in [0.5, 0.6) is 0 Å². The van der Waals surface area contributed by atoms with Crippen LogP contribution in [-0.4, -0.2) is 23.3 Å². The number of anilines is 1. The van der Waals surface area contributed by atoms with Crippen molar-refractivity contribution >= 4 is 34.3 Å². The van der Waals surface area contributed by atoms with Gasteiger partial charge in [0.1, 0.15) is 5.69 Å². The number of benzene rings is 2. The van der Waals surface area contributed by atoms with Crippen LogP contribution in [-0.2, 0) is 7.05 Å². The Hall–Kier alpha value is -2.20. The fraction of sp³-hybridized carbons (Fsp3) is 0.211. The van der Waals surface area contributed by atoms with Crippen molar-refractivity contribution in [1.29, 1.82) is 0 Å². The van der Waals surface area contributed by atoms with E-state index in [1.807, 2.05) is 67.2 Å². The van der Waals surface area contributed by atoms with Gasteiger partial charge < -0.3 is 9.47 Å². The first kappa shape index (κ1) is 15.7. The first-order valence-electron chi connectivity index (χ1n) is 7.67. The van der Waals surface area contributed by atoms with Crippen molar-refractivity contribution in [1.82, 2.24) is 4.57 Å². The van der Waals surface area contributed by atoms with E-state index in [9.17, 15) is 4.79 Å². The number of rotatable bonds is 4.